The summed E-state index contributed by atoms with van der Waals surface area (Å²) in [5.74, 6) is -0.281. The molecule has 2 aromatic carbocycles. The summed E-state index contributed by atoms with van der Waals surface area (Å²) in [6.45, 7) is 5.04. The molecule has 1 atom stereocenters. The van der Waals surface area contributed by atoms with Crippen LogP contribution in [0.3, 0.4) is 0 Å². The van der Waals surface area contributed by atoms with E-state index in [9.17, 15) is 9.59 Å². The maximum absolute atomic E-state index is 12.5. The number of halogens is 1. The lowest BCUT2D eigenvalue weighted by molar-refractivity contribution is -0.146. The Hall–Kier alpha value is -2.18. The van der Waals surface area contributed by atoms with E-state index in [1.165, 1.54) is 11.1 Å². The number of hydrogen-bond donors (Lipinski definition) is 0. The highest BCUT2D eigenvalue weighted by Crippen LogP contribution is 2.30. The van der Waals surface area contributed by atoms with Crippen molar-refractivity contribution >= 4 is 27.8 Å². The zero-order chi connectivity index (χ0) is 20.6. The van der Waals surface area contributed by atoms with Gasteiger partial charge < -0.3 is 9.64 Å². The van der Waals surface area contributed by atoms with Gasteiger partial charge in [-0.2, -0.15) is 0 Å². The summed E-state index contributed by atoms with van der Waals surface area (Å²) in [7, 11) is 0. The van der Waals surface area contributed by atoms with Crippen LogP contribution in [-0.4, -0.2) is 54.5 Å². The van der Waals surface area contributed by atoms with Crippen LogP contribution in [-0.2, 0) is 14.3 Å². The van der Waals surface area contributed by atoms with Crippen molar-refractivity contribution in [1.29, 1.82) is 0 Å². The Morgan fingerprint density at radius 2 is 1.55 bits per heavy atom. The lowest BCUT2D eigenvalue weighted by atomic mass is 9.96. The number of carbonyl (C=O) groups excluding carboxylic acids is 2. The van der Waals surface area contributed by atoms with Crippen LogP contribution in [0.25, 0.3) is 0 Å². The van der Waals surface area contributed by atoms with E-state index < -0.39 is 0 Å². The second-order valence-electron chi connectivity index (χ2n) is 7.09. The zero-order valence-corrected chi connectivity index (χ0v) is 18.3. The predicted octanol–water partition coefficient (Wildman–Crippen LogP) is 4.03. The molecule has 0 radical (unpaired) electrons. The number of piperazine rings is 1. The highest BCUT2D eigenvalue weighted by Gasteiger charge is 2.28. The molecule has 0 N–H and O–H groups in total. The van der Waals surface area contributed by atoms with Crippen LogP contribution in [0.4, 0.5) is 0 Å². The molecular weight excluding hydrogens is 432 g/mol. The highest BCUT2D eigenvalue weighted by atomic mass is 79.9. The van der Waals surface area contributed by atoms with Crippen molar-refractivity contribution in [3.63, 3.8) is 0 Å². The van der Waals surface area contributed by atoms with E-state index in [0.29, 0.717) is 19.7 Å². The monoisotopic (exact) mass is 458 g/mol. The van der Waals surface area contributed by atoms with Gasteiger partial charge in [-0.05, 0) is 30.2 Å². The number of rotatable bonds is 7. The average Bonchev–Trinajstić information content (AvgIpc) is 2.75. The third kappa shape index (κ3) is 5.90. The van der Waals surface area contributed by atoms with Gasteiger partial charge in [0.15, 0.2) is 0 Å². The molecule has 29 heavy (non-hydrogen) atoms. The Morgan fingerprint density at radius 3 is 2.17 bits per heavy atom. The van der Waals surface area contributed by atoms with Crippen molar-refractivity contribution < 1.29 is 14.3 Å². The molecule has 6 heteroatoms. The first kappa shape index (κ1) is 21.5. The summed E-state index contributed by atoms with van der Waals surface area (Å²) in [6.07, 6.45) is 0.367. The average molecular weight is 459 g/mol. The van der Waals surface area contributed by atoms with Gasteiger partial charge >= 0.3 is 5.97 Å². The van der Waals surface area contributed by atoms with Gasteiger partial charge in [-0.1, -0.05) is 58.4 Å². The number of hydrogen-bond acceptors (Lipinski definition) is 4. The number of benzene rings is 2. The molecule has 1 saturated heterocycles. The van der Waals surface area contributed by atoms with Crippen LogP contribution in [0.1, 0.15) is 36.9 Å². The molecule has 5 nitrogen and oxygen atoms in total. The van der Waals surface area contributed by atoms with Gasteiger partial charge in [0.2, 0.25) is 5.91 Å². The van der Waals surface area contributed by atoms with Gasteiger partial charge in [0.1, 0.15) is 0 Å². The first-order valence-electron chi connectivity index (χ1n) is 10.1. The van der Waals surface area contributed by atoms with Gasteiger partial charge in [0.05, 0.1) is 19.1 Å². The molecule has 0 aliphatic carbocycles. The first-order valence-corrected chi connectivity index (χ1v) is 10.9. The minimum absolute atomic E-state index is 0.0256. The number of esters is 1. The quantitative estimate of drug-likeness (QED) is 0.587. The predicted molar refractivity (Wildman–Crippen MR) is 116 cm³/mol. The van der Waals surface area contributed by atoms with Gasteiger partial charge in [-0.15, -0.1) is 0 Å². The Morgan fingerprint density at radius 1 is 0.931 bits per heavy atom. The van der Waals surface area contributed by atoms with E-state index >= 15 is 0 Å². The molecule has 1 fully saturated rings. The van der Waals surface area contributed by atoms with Gasteiger partial charge in [-0.3, -0.25) is 14.5 Å². The van der Waals surface area contributed by atoms with Crippen molar-refractivity contribution in [1.82, 2.24) is 9.80 Å². The smallest absolute Gasteiger partial charge is 0.306 e. The normalized spacial score (nSPS) is 15.7. The molecule has 1 aliphatic rings. The largest absolute Gasteiger partial charge is 0.466 e. The van der Waals surface area contributed by atoms with Gasteiger partial charge in [-0.25, -0.2) is 0 Å². The molecule has 0 spiro atoms. The second kappa shape index (κ2) is 10.6. The number of ether oxygens (including phenoxy) is 1. The van der Waals surface area contributed by atoms with Gasteiger partial charge in [0, 0.05) is 37.1 Å². The summed E-state index contributed by atoms with van der Waals surface area (Å²) < 4.78 is 5.97. The topological polar surface area (TPSA) is 49.9 Å². The fourth-order valence-corrected chi connectivity index (χ4v) is 3.99. The molecule has 0 aromatic heterocycles. The van der Waals surface area contributed by atoms with Crippen LogP contribution in [0.5, 0.6) is 0 Å². The molecule has 1 unspecified atom stereocenters. The van der Waals surface area contributed by atoms with Crippen LogP contribution in [0, 0.1) is 0 Å². The third-order valence-electron chi connectivity index (χ3n) is 5.18. The van der Waals surface area contributed by atoms with E-state index in [-0.39, 0.29) is 30.8 Å². The van der Waals surface area contributed by atoms with Crippen molar-refractivity contribution in [2.45, 2.75) is 25.8 Å². The lowest BCUT2D eigenvalue weighted by Crippen LogP contribution is -2.49. The van der Waals surface area contributed by atoms with Crippen molar-refractivity contribution in [3.05, 3.63) is 70.2 Å². The van der Waals surface area contributed by atoms with E-state index in [4.69, 9.17) is 4.74 Å². The van der Waals surface area contributed by atoms with Crippen LogP contribution in [0.2, 0.25) is 0 Å². The summed E-state index contributed by atoms with van der Waals surface area (Å²) in [5, 5.41) is 0. The molecule has 0 bridgehead atoms. The van der Waals surface area contributed by atoms with Crippen molar-refractivity contribution in [2.75, 3.05) is 32.8 Å². The summed E-state index contributed by atoms with van der Waals surface area (Å²) in [6, 6.07) is 19.1. The van der Waals surface area contributed by atoms with E-state index in [2.05, 4.69) is 69.4 Å². The molecule has 154 valence electrons. The highest BCUT2D eigenvalue weighted by molar-refractivity contribution is 9.10. The summed E-state index contributed by atoms with van der Waals surface area (Å²) in [5.41, 5.74) is 2.48. The number of carbonyl (C=O) groups is 2. The number of amides is 1. The van der Waals surface area contributed by atoms with Gasteiger partial charge in [0.25, 0.3) is 0 Å². The standard InChI is InChI=1S/C23H27BrN2O3/c1-2-29-22(28)13-12-21(27)25-14-16-26(17-15-25)23(18-6-4-3-5-7-18)19-8-10-20(24)11-9-19/h3-11,23H,2,12-17H2,1H3. The molecule has 1 aliphatic heterocycles. The van der Waals surface area contributed by atoms with Crippen LogP contribution in [0.15, 0.2) is 59.1 Å². The molecular formula is C23H27BrN2O3. The molecule has 0 saturated carbocycles. The maximum Gasteiger partial charge on any atom is 0.306 e. The van der Waals surface area contributed by atoms with E-state index in [0.717, 1.165) is 17.6 Å². The van der Waals surface area contributed by atoms with Crippen LogP contribution >= 0.6 is 15.9 Å². The SMILES string of the molecule is CCOC(=O)CCC(=O)N1CCN(C(c2ccccc2)c2ccc(Br)cc2)CC1. The molecule has 1 heterocycles. The fraction of sp³-hybridized carbons (Fsp3) is 0.391. The minimum atomic E-state index is -0.307. The molecule has 3 rings (SSSR count). The van der Waals surface area contributed by atoms with E-state index in [1.54, 1.807) is 6.92 Å². The Bertz CT molecular complexity index is 803. The summed E-state index contributed by atoms with van der Waals surface area (Å²) in [4.78, 5) is 28.2. The number of nitrogens with zero attached hydrogens (tertiary/aromatic N) is 2. The first-order chi connectivity index (χ1) is 14.1. The summed E-state index contributed by atoms with van der Waals surface area (Å²) >= 11 is 3.51. The Balaban J connectivity index is 1.65. The van der Waals surface area contributed by atoms with Crippen molar-refractivity contribution in [3.8, 4) is 0 Å². The van der Waals surface area contributed by atoms with E-state index in [1.807, 2.05) is 11.0 Å². The molecule has 1 amide bonds. The zero-order valence-electron chi connectivity index (χ0n) is 16.7. The third-order valence-corrected chi connectivity index (χ3v) is 5.71. The Labute approximate surface area is 180 Å². The van der Waals surface area contributed by atoms with Crippen LogP contribution < -0.4 is 0 Å². The molecule has 2 aromatic rings. The van der Waals surface area contributed by atoms with Crippen molar-refractivity contribution in [2.24, 2.45) is 0 Å². The minimum Gasteiger partial charge on any atom is -0.466 e. The maximum atomic E-state index is 12.5. The lowest BCUT2D eigenvalue weighted by Gasteiger charge is -2.40. The Kier molecular flexibility index (Phi) is 7.83. The fourth-order valence-electron chi connectivity index (χ4n) is 3.72. The second-order valence-corrected chi connectivity index (χ2v) is 8.00.